The van der Waals surface area contributed by atoms with Crippen molar-refractivity contribution in [3.63, 3.8) is 0 Å². The van der Waals surface area contributed by atoms with Gasteiger partial charge in [-0.1, -0.05) is 18.2 Å². The first-order chi connectivity index (χ1) is 19.2. The first-order valence-corrected chi connectivity index (χ1v) is 13.2. The maximum absolute atomic E-state index is 14.7. The van der Waals surface area contributed by atoms with Crippen LogP contribution in [0.4, 0.5) is 13.2 Å². The molecule has 1 aliphatic carbocycles. The third-order valence-corrected chi connectivity index (χ3v) is 7.43. The molecule has 40 heavy (non-hydrogen) atoms. The average Bonchev–Trinajstić information content (AvgIpc) is 3.66. The molecule has 7 nitrogen and oxygen atoms in total. The van der Waals surface area contributed by atoms with Crippen molar-refractivity contribution in [3.05, 3.63) is 77.9 Å². The summed E-state index contributed by atoms with van der Waals surface area (Å²) >= 11 is 0. The average molecular weight is 548 g/mol. The monoisotopic (exact) mass is 547 g/mol. The van der Waals surface area contributed by atoms with Gasteiger partial charge in [0.15, 0.2) is 11.4 Å². The summed E-state index contributed by atoms with van der Waals surface area (Å²) in [7, 11) is 1.78. The second kappa shape index (κ2) is 10.2. The second-order valence-electron chi connectivity index (χ2n) is 10.4. The minimum absolute atomic E-state index is 0.0270. The van der Waals surface area contributed by atoms with Crippen LogP contribution in [0.1, 0.15) is 37.3 Å². The molecule has 10 heteroatoms. The fraction of sp³-hybridized carbons (Fsp3) is 0.300. The molecule has 5 aromatic rings. The topological polar surface area (TPSA) is 89.0 Å². The molecule has 2 heterocycles. The van der Waals surface area contributed by atoms with Crippen LogP contribution in [0.3, 0.4) is 0 Å². The van der Waals surface area contributed by atoms with Crippen molar-refractivity contribution in [2.45, 2.75) is 50.8 Å². The van der Waals surface area contributed by atoms with E-state index in [1.165, 1.54) is 18.2 Å². The summed E-state index contributed by atoms with van der Waals surface area (Å²) in [4.78, 5) is 4.58. The highest BCUT2D eigenvalue weighted by Gasteiger charge is 2.31. The Morgan fingerprint density at radius 1 is 1.07 bits per heavy atom. The third-order valence-electron chi connectivity index (χ3n) is 7.43. The van der Waals surface area contributed by atoms with Gasteiger partial charge < -0.3 is 19.4 Å². The van der Waals surface area contributed by atoms with Crippen molar-refractivity contribution in [3.8, 4) is 34.0 Å². The summed E-state index contributed by atoms with van der Waals surface area (Å²) in [6.07, 6.45) is 3.62. The summed E-state index contributed by atoms with van der Waals surface area (Å²) in [6.45, 7) is 1.17. The van der Waals surface area contributed by atoms with Crippen LogP contribution in [-0.4, -0.2) is 37.0 Å². The largest absolute Gasteiger partial charge is 0.436 e. The lowest BCUT2D eigenvalue weighted by Gasteiger charge is -2.17. The number of aliphatic hydroxyl groups excluding tert-OH is 1. The zero-order chi connectivity index (χ0) is 28.0. The number of aromatic nitrogens is 4. The molecule has 3 aromatic carbocycles. The smallest absolute Gasteiger partial charge is 0.274 e. The molecule has 0 amide bonds. The van der Waals surface area contributed by atoms with Gasteiger partial charge in [0.1, 0.15) is 17.7 Å². The van der Waals surface area contributed by atoms with Crippen molar-refractivity contribution in [1.29, 1.82) is 0 Å². The Labute approximate surface area is 228 Å². The van der Waals surface area contributed by atoms with Crippen LogP contribution in [0, 0.1) is 5.82 Å². The van der Waals surface area contributed by atoms with E-state index in [1.54, 1.807) is 42.2 Å². The number of nitrogens with zero attached hydrogens (tertiary/aromatic N) is 4. The Morgan fingerprint density at radius 3 is 2.62 bits per heavy atom. The number of benzene rings is 3. The lowest BCUT2D eigenvalue weighted by molar-refractivity contribution is 0.0181. The minimum atomic E-state index is -3.15. The quantitative estimate of drug-likeness (QED) is 0.252. The van der Waals surface area contributed by atoms with Crippen molar-refractivity contribution in [1.82, 2.24) is 25.1 Å². The SMILES string of the molecule is Cn1cnnc1-c1cc(F)ccc1-c1cccc(-c2nc3cc(CN[C@@H]4CCC[C@@H]4O)cc(C(C)(F)F)c3o2)c1. The van der Waals surface area contributed by atoms with E-state index in [1.807, 2.05) is 12.1 Å². The molecule has 2 atom stereocenters. The molecular formula is C30H28F3N5O2. The van der Waals surface area contributed by atoms with Gasteiger partial charge in [0.05, 0.1) is 11.7 Å². The maximum Gasteiger partial charge on any atom is 0.274 e. The van der Waals surface area contributed by atoms with E-state index in [0.29, 0.717) is 34.6 Å². The lowest BCUT2D eigenvalue weighted by atomic mass is 9.97. The predicted octanol–water partition coefficient (Wildman–Crippen LogP) is 6.21. The van der Waals surface area contributed by atoms with Gasteiger partial charge in [-0.2, -0.15) is 0 Å². The van der Waals surface area contributed by atoms with Gasteiger partial charge in [0.25, 0.3) is 5.92 Å². The van der Waals surface area contributed by atoms with Crippen molar-refractivity contribution < 1.29 is 22.7 Å². The number of oxazole rings is 1. The number of halogens is 3. The van der Waals surface area contributed by atoms with Crippen LogP contribution in [0.5, 0.6) is 0 Å². The van der Waals surface area contributed by atoms with Gasteiger partial charge in [0.2, 0.25) is 5.89 Å². The van der Waals surface area contributed by atoms with E-state index in [0.717, 1.165) is 37.3 Å². The summed E-state index contributed by atoms with van der Waals surface area (Å²) in [6, 6.07) is 14.8. The molecule has 6 rings (SSSR count). The maximum atomic E-state index is 14.7. The Morgan fingerprint density at radius 2 is 1.90 bits per heavy atom. The van der Waals surface area contributed by atoms with Crippen LogP contribution >= 0.6 is 0 Å². The van der Waals surface area contributed by atoms with Crippen LogP contribution < -0.4 is 5.32 Å². The first kappa shape index (κ1) is 26.2. The fourth-order valence-electron chi connectivity index (χ4n) is 5.37. The van der Waals surface area contributed by atoms with Gasteiger partial charge in [-0.15, -0.1) is 10.2 Å². The molecule has 0 radical (unpaired) electrons. The summed E-state index contributed by atoms with van der Waals surface area (Å²) in [5.41, 5.74) is 3.36. The van der Waals surface area contributed by atoms with Crippen molar-refractivity contribution in [2.24, 2.45) is 7.05 Å². The van der Waals surface area contributed by atoms with E-state index in [2.05, 4.69) is 20.5 Å². The Kier molecular flexibility index (Phi) is 6.67. The van der Waals surface area contributed by atoms with E-state index in [-0.39, 0.29) is 23.1 Å². The molecule has 2 N–H and O–H groups in total. The number of fused-ring (bicyclic) bond motifs is 1. The standard InChI is InChI=1S/C30H28F3N5O2/c1-30(32,33)23-11-17(15-34-24-7-4-8-26(24)39)12-25-27(23)40-29(36-25)19-6-3-5-18(13-19)21-10-9-20(31)14-22(21)28-37-35-16-38(28)2/h3,5-6,9-14,16,24,26,34,39H,4,7-8,15H2,1-2H3/t24-,26+/m1/s1. The van der Waals surface area contributed by atoms with E-state index in [9.17, 15) is 18.3 Å². The highest BCUT2D eigenvalue weighted by molar-refractivity contribution is 5.84. The fourth-order valence-corrected chi connectivity index (χ4v) is 5.37. The van der Waals surface area contributed by atoms with Crippen molar-refractivity contribution in [2.75, 3.05) is 0 Å². The molecule has 0 unspecified atom stereocenters. The molecular weight excluding hydrogens is 519 g/mol. The second-order valence-corrected chi connectivity index (χ2v) is 10.4. The van der Waals surface area contributed by atoms with Gasteiger partial charge in [-0.3, -0.25) is 0 Å². The molecule has 2 aromatic heterocycles. The van der Waals surface area contributed by atoms with E-state index < -0.39 is 17.8 Å². The molecule has 0 bridgehead atoms. The van der Waals surface area contributed by atoms with Gasteiger partial charge in [0, 0.05) is 37.7 Å². The number of nitrogens with one attached hydrogen (secondary N) is 1. The van der Waals surface area contributed by atoms with Gasteiger partial charge in [-0.05, 0) is 72.4 Å². The third kappa shape index (κ3) is 5.00. The number of rotatable bonds is 7. The Balaban J connectivity index is 1.39. The number of aliphatic hydroxyl groups is 1. The van der Waals surface area contributed by atoms with Crippen LogP contribution in [0.15, 0.2) is 65.3 Å². The van der Waals surface area contributed by atoms with Gasteiger partial charge >= 0.3 is 0 Å². The lowest BCUT2D eigenvalue weighted by Crippen LogP contribution is -2.35. The number of hydrogen-bond donors (Lipinski definition) is 2. The summed E-state index contributed by atoms with van der Waals surface area (Å²) < 4.78 is 51.3. The zero-order valence-electron chi connectivity index (χ0n) is 22.0. The first-order valence-electron chi connectivity index (χ1n) is 13.2. The van der Waals surface area contributed by atoms with Crippen molar-refractivity contribution >= 4 is 11.1 Å². The normalized spacial score (nSPS) is 17.6. The highest BCUT2D eigenvalue weighted by atomic mass is 19.3. The van der Waals surface area contributed by atoms with Gasteiger partial charge in [-0.25, -0.2) is 18.2 Å². The van der Waals surface area contributed by atoms with E-state index in [4.69, 9.17) is 4.42 Å². The number of aryl methyl sites for hydroxylation is 1. The molecule has 0 spiro atoms. The highest BCUT2D eigenvalue weighted by Crippen LogP contribution is 2.38. The van der Waals surface area contributed by atoms with Crippen LogP contribution in [-0.2, 0) is 19.5 Å². The molecule has 0 aliphatic heterocycles. The molecule has 1 aliphatic rings. The number of hydrogen-bond acceptors (Lipinski definition) is 6. The minimum Gasteiger partial charge on any atom is -0.436 e. The zero-order valence-corrected chi connectivity index (χ0v) is 22.0. The Bertz CT molecular complexity index is 1690. The molecule has 206 valence electrons. The van der Waals surface area contributed by atoms with E-state index >= 15 is 0 Å². The summed E-state index contributed by atoms with van der Waals surface area (Å²) in [5.74, 6) is -2.86. The van der Waals surface area contributed by atoms with Crippen LogP contribution in [0.2, 0.25) is 0 Å². The molecule has 1 saturated carbocycles. The molecule has 1 fully saturated rings. The molecule has 0 saturated heterocycles. The van der Waals surface area contributed by atoms with Crippen LogP contribution in [0.25, 0.3) is 45.1 Å². The summed E-state index contributed by atoms with van der Waals surface area (Å²) in [5, 5.41) is 21.5. The Hall–Kier alpha value is -4.02. The number of alkyl halides is 2. The predicted molar refractivity (Wildman–Crippen MR) is 145 cm³/mol.